The fourth-order valence-electron chi connectivity index (χ4n) is 1.67. The van der Waals surface area contributed by atoms with Crippen LogP contribution in [0.2, 0.25) is 0 Å². The van der Waals surface area contributed by atoms with Gasteiger partial charge in [-0.2, -0.15) is 0 Å². The molecule has 0 unspecified atom stereocenters. The number of benzene rings is 1. The third kappa shape index (κ3) is 4.21. The number of carboxylic acid groups (broad SMARTS) is 1. The lowest BCUT2D eigenvalue weighted by molar-refractivity contribution is 0.0696. The van der Waals surface area contributed by atoms with Gasteiger partial charge in [-0.1, -0.05) is 0 Å². The van der Waals surface area contributed by atoms with Crippen LogP contribution in [0, 0.1) is 0 Å². The molecule has 7 heteroatoms. The highest BCUT2D eigenvalue weighted by molar-refractivity contribution is 9.11. The van der Waals surface area contributed by atoms with Gasteiger partial charge in [0, 0.05) is 4.88 Å². The zero-order valence-electron chi connectivity index (χ0n) is 11.1. The Balaban J connectivity index is 2.26. The van der Waals surface area contributed by atoms with Gasteiger partial charge in [-0.15, -0.1) is 11.3 Å². The average Bonchev–Trinajstić information content (AvgIpc) is 2.83. The monoisotopic (exact) mass is 434 g/mol. The summed E-state index contributed by atoms with van der Waals surface area (Å²) in [4.78, 5) is 12.1. The summed E-state index contributed by atoms with van der Waals surface area (Å²) in [5, 5.41) is 9.08. The Morgan fingerprint density at radius 1 is 1.29 bits per heavy atom. The van der Waals surface area contributed by atoms with Gasteiger partial charge >= 0.3 is 5.97 Å². The minimum Gasteiger partial charge on any atom is -0.490 e. The molecule has 1 heterocycles. The van der Waals surface area contributed by atoms with E-state index in [0.29, 0.717) is 29.2 Å². The topological polar surface area (TPSA) is 55.8 Å². The van der Waals surface area contributed by atoms with Crippen LogP contribution in [0.25, 0.3) is 0 Å². The van der Waals surface area contributed by atoms with E-state index in [0.717, 1.165) is 8.66 Å². The van der Waals surface area contributed by atoms with Gasteiger partial charge in [0.2, 0.25) is 0 Å². The molecule has 4 nitrogen and oxygen atoms in total. The molecule has 0 aliphatic heterocycles. The Labute approximate surface area is 143 Å². The Bertz CT molecular complexity index is 654. The molecule has 1 N–H and O–H groups in total. The third-order valence-electron chi connectivity index (χ3n) is 2.54. The molecule has 1 aromatic heterocycles. The van der Waals surface area contributed by atoms with Crippen LogP contribution in [0.1, 0.15) is 22.2 Å². The molecule has 2 rings (SSSR count). The first kappa shape index (κ1) is 16.3. The van der Waals surface area contributed by atoms with Crippen molar-refractivity contribution in [2.75, 3.05) is 6.61 Å². The molecule has 0 aliphatic rings. The largest absolute Gasteiger partial charge is 0.490 e. The first-order valence-electron chi connectivity index (χ1n) is 6.08. The molecule has 0 fully saturated rings. The number of aromatic carboxylic acids is 1. The molecule has 0 saturated carbocycles. The van der Waals surface area contributed by atoms with Gasteiger partial charge in [-0.25, -0.2) is 4.79 Å². The van der Waals surface area contributed by atoms with Crippen molar-refractivity contribution in [1.82, 2.24) is 0 Å². The molecular formula is C14H12Br2O4S. The van der Waals surface area contributed by atoms with Crippen LogP contribution in [0.3, 0.4) is 0 Å². The Kier molecular flexibility index (Phi) is 5.66. The average molecular weight is 436 g/mol. The predicted molar refractivity (Wildman–Crippen MR) is 88.6 cm³/mol. The molecule has 2 aromatic rings. The number of rotatable bonds is 6. The molecule has 112 valence electrons. The van der Waals surface area contributed by atoms with Gasteiger partial charge in [-0.05, 0) is 63.0 Å². The SMILES string of the molecule is CCOc1cc(C(=O)O)cc(Br)c1OCc1ccc(Br)s1. The highest BCUT2D eigenvalue weighted by atomic mass is 79.9. The van der Waals surface area contributed by atoms with Crippen LogP contribution >= 0.6 is 43.2 Å². The molecule has 0 spiro atoms. The number of thiophene rings is 1. The van der Waals surface area contributed by atoms with Crippen molar-refractivity contribution >= 4 is 49.2 Å². The van der Waals surface area contributed by atoms with E-state index in [1.165, 1.54) is 12.1 Å². The smallest absolute Gasteiger partial charge is 0.335 e. The van der Waals surface area contributed by atoms with Gasteiger partial charge in [0.05, 0.1) is 20.4 Å². The van der Waals surface area contributed by atoms with Gasteiger partial charge < -0.3 is 14.6 Å². The van der Waals surface area contributed by atoms with Crippen LogP contribution in [0.5, 0.6) is 11.5 Å². The number of carboxylic acids is 1. The maximum absolute atomic E-state index is 11.1. The van der Waals surface area contributed by atoms with Crippen molar-refractivity contribution in [2.45, 2.75) is 13.5 Å². The summed E-state index contributed by atoms with van der Waals surface area (Å²) >= 11 is 8.32. The Morgan fingerprint density at radius 2 is 2.05 bits per heavy atom. The second-order valence-electron chi connectivity index (χ2n) is 4.02. The van der Waals surface area contributed by atoms with Crippen LogP contribution in [0.15, 0.2) is 32.5 Å². The normalized spacial score (nSPS) is 10.4. The van der Waals surface area contributed by atoms with E-state index in [4.69, 9.17) is 14.6 Å². The zero-order chi connectivity index (χ0) is 15.4. The quantitative estimate of drug-likeness (QED) is 0.697. The molecule has 0 radical (unpaired) electrons. The molecule has 0 saturated heterocycles. The molecular weight excluding hydrogens is 424 g/mol. The maximum Gasteiger partial charge on any atom is 0.335 e. The van der Waals surface area contributed by atoms with E-state index in [1.807, 2.05) is 19.1 Å². The van der Waals surface area contributed by atoms with Gasteiger partial charge in [0.1, 0.15) is 6.61 Å². The number of hydrogen-bond donors (Lipinski definition) is 1. The fourth-order valence-corrected chi connectivity index (χ4v) is 3.62. The van der Waals surface area contributed by atoms with Gasteiger partial charge in [-0.3, -0.25) is 0 Å². The first-order chi connectivity index (χ1) is 10.0. The summed E-state index contributed by atoms with van der Waals surface area (Å²) in [7, 11) is 0. The summed E-state index contributed by atoms with van der Waals surface area (Å²) in [6.45, 7) is 2.65. The third-order valence-corrected chi connectivity index (χ3v) is 4.73. The number of halogens is 2. The lowest BCUT2D eigenvalue weighted by atomic mass is 10.2. The van der Waals surface area contributed by atoms with Crippen molar-refractivity contribution in [3.63, 3.8) is 0 Å². The van der Waals surface area contributed by atoms with Gasteiger partial charge in [0.25, 0.3) is 0 Å². The number of ether oxygens (including phenoxy) is 2. The molecule has 0 aliphatic carbocycles. The maximum atomic E-state index is 11.1. The minimum absolute atomic E-state index is 0.150. The highest BCUT2D eigenvalue weighted by Gasteiger charge is 2.16. The van der Waals surface area contributed by atoms with Crippen molar-refractivity contribution in [2.24, 2.45) is 0 Å². The van der Waals surface area contributed by atoms with E-state index in [2.05, 4.69) is 31.9 Å². The number of hydrogen-bond acceptors (Lipinski definition) is 4. The lowest BCUT2D eigenvalue weighted by Gasteiger charge is -2.14. The molecule has 0 atom stereocenters. The zero-order valence-corrected chi connectivity index (χ0v) is 15.0. The Hall–Kier alpha value is -1.05. The van der Waals surface area contributed by atoms with Gasteiger partial charge in [0.15, 0.2) is 11.5 Å². The minimum atomic E-state index is -1.01. The van der Waals surface area contributed by atoms with E-state index in [1.54, 1.807) is 11.3 Å². The van der Waals surface area contributed by atoms with Crippen LogP contribution in [-0.2, 0) is 6.61 Å². The fraction of sp³-hybridized carbons (Fsp3) is 0.214. The van der Waals surface area contributed by atoms with Crippen LogP contribution in [0.4, 0.5) is 0 Å². The van der Waals surface area contributed by atoms with E-state index < -0.39 is 5.97 Å². The van der Waals surface area contributed by atoms with E-state index in [-0.39, 0.29) is 5.56 Å². The molecule has 0 bridgehead atoms. The molecule has 21 heavy (non-hydrogen) atoms. The lowest BCUT2D eigenvalue weighted by Crippen LogP contribution is -2.03. The second kappa shape index (κ2) is 7.29. The van der Waals surface area contributed by atoms with Crippen molar-refractivity contribution in [3.8, 4) is 11.5 Å². The van der Waals surface area contributed by atoms with Crippen molar-refractivity contribution in [3.05, 3.63) is 43.0 Å². The summed E-state index contributed by atoms with van der Waals surface area (Å²) in [6, 6.07) is 6.89. The van der Waals surface area contributed by atoms with Crippen LogP contribution < -0.4 is 9.47 Å². The molecule has 0 amide bonds. The first-order valence-corrected chi connectivity index (χ1v) is 8.48. The number of carbonyl (C=O) groups is 1. The Morgan fingerprint density at radius 3 is 2.62 bits per heavy atom. The summed E-state index contributed by atoms with van der Waals surface area (Å²) < 4.78 is 12.8. The summed E-state index contributed by atoms with van der Waals surface area (Å²) in [5.41, 5.74) is 0.150. The standard InChI is InChI=1S/C14H12Br2O4S/c1-2-19-11-6-8(14(17)18)5-10(15)13(11)20-7-9-3-4-12(16)21-9/h3-6H,2,7H2,1H3,(H,17,18). The highest BCUT2D eigenvalue weighted by Crippen LogP contribution is 2.38. The summed E-state index contributed by atoms with van der Waals surface area (Å²) in [5.74, 6) is -0.0864. The summed E-state index contributed by atoms with van der Waals surface area (Å²) in [6.07, 6.45) is 0. The van der Waals surface area contributed by atoms with E-state index >= 15 is 0 Å². The second-order valence-corrected chi connectivity index (χ2v) is 7.42. The van der Waals surface area contributed by atoms with E-state index in [9.17, 15) is 4.79 Å². The van der Waals surface area contributed by atoms with Crippen LogP contribution in [-0.4, -0.2) is 17.7 Å². The molecule has 1 aromatic carbocycles. The predicted octanol–water partition coefficient (Wildman–Crippen LogP) is 4.95. The van der Waals surface area contributed by atoms with Crippen molar-refractivity contribution in [1.29, 1.82) is 0 Å². The van der Waals surface area contributed by atoms with Crippen molar-refractivity contribution < 1.29 is 19.4 Å².